The fourth-order valence-electron chi connectivity index (χ4n) is 3.77. The Hall–Kier alpha value is -2.22. The third-order valence-corrected chi connectivity index (χ3v) is 5.31. The van der Waals surface area contributed by atoms with Gasteiger partial charge in [-0.05, 0) is 23.6 Å². The standard InChI is InChI=1S/C24H28O2/c1-2-3-4-5-6-7-8-9-14-23(25)18-15-16-20-19-12-10-11-13-21(19)24(26)22(20)17-18/h10-13,15-17H,2-9,14H2,1H3. The first-order chi connectivity index (χ1) is 12.7. The number of Topliss-reactive ketones (excluding diaryl/α,β-unsaturated/α-hetero) is 1. The first-order valence-corrected chi connectivity index (χ1v) is 10.0. The molecule has 136 valence electrons. The minimum atomic E-state index is 0.0392. The Morgan fingerprint density at radius 2 is 1.35 bits per heavy atom. The van der Waals surface area contributed by atoms with Gasteiger partial charge in [-0.15, -0.1) is 0 Å². The molecule has 0 amide bonds. The molecule has 0 radical (unpaired) electrons. The lowest BCUT2D eigenvalue weighted by Crippen LogP contribution is -2.02. The third-order valence-electron chi connectivity index (χ3n) is 5.31. The highest BCUT2D eigenvalue weighted by Gasteiger charge is 2.26. The largest absolute Gasteiger partial charge is 0.294 e. The lowest BCUT2D eigenvalue weighted by Gasteiger charge is -2.05. The molecule has 0 N–H and O–H groups in total. The minimum Gasteiger partial charge on any atom is -0.294 e. The molecule has 1 aliphatic carbocycles. The van der Waals surface area contributed by atoms with Crippen LogP contribution in [0.25, 0.3) is 11.1 Å². The van der Waals surface area contributed by atoms with Gasteiger partial charge < -0.3 is 0 Å². The van der Waals surface area contributed by atoms with E-state index in [0.717, 1.165) is 29.5 Å². The number of carbonyl (C=O) groups is 2. The number of unbranched alkanes of at least 4 members (excludes halogenated alkanes) is 7. The summed E-state index contributed by atoms with van der Waals surface area (Å²) < 4.78 is 0. The summed E-state index contributed by atoms with van der Waals surface area (Å²) in [6.45, 7) is 2.23. The highest BCUT2D eigenvalue weighted by molar-refractivity contribution is 6.22. The maximum absolute atomic E-state index is 12.6. The quantitative estimate of drug-likeness (QED) is 0.305. The van der Waals surface area contributed by atoms with E-state index in [1.165, 1.54) is 38.5 Å². The van der Waals surface area contributed by atoms with Crippen molar-refractivity contribution in [2.75, 3.05) is 0 Å². The average molecular weight is 348 g/mol. The Bertz CT molecular complexity index is 789. The summed E-state index contributed by atoms with van der Waals surface area (Å²) in [6, 6.07) is 13.3. The van der Waals surface area contributed by atoms with E-state index in [1.807, 2.05) is 36.4 Å². The van der Waals surface area contributed by atoms with Crippen molar-refractivity contribution in [1.82, 2.24) is 0 Å². The molecule has 0 fully saturated rings. The van der Waals surface area contributed by atoms with Crippen molar-refractivity contribution in [1.29, 1.82) is 0 Å². The summed E-state index contributed by atoms with van der Waals surface area (Å²) >= 11 is 0. The van der Waals surface area contributed by atoms with Gasteiger partial charge in [-0.2, -0.15) is 0 Å². The first-order valence-electron chi connectivity index (χ1n) is 10.0. The fraction of sp³-hybridized carbons (Fsp3) is 0.417. The Morgan fingerprint density at radius 1 is 0.731 bits per heavy atom. The van der Waals surface area contributed by atoms with Crippen LogP contribution in [0.1, 0.15) is 91.0 Å². The van der Waals surface area contributed by atoms with Crippen LogP contribution in [0.4, 0.5) is 0 Å². The van der Waals surface area contributed by atoms with E-state index in [-0.39, 0.29) is 11.6 Å². The second-order valence-corrected chi connectivity index (χ2v) is 7.28. The van der Waals surface area contributed by atoms with Gasteiger partial charge in [-0.3, -0.25) is 9.59 Å². The zero-order valence-electron chi connectivity index (χ0n) is 15.7. The van der Waals surface area contributed by atoms with Gasteiger partial charge in [-0.25, -0.2) is 0 Å². The SMILES string of the molecule is CCCCCCCCCCC(=O)c1ccc2c(c1)C(=O)c1ccccc1-2. The van der Waals surface area contributed by atoms with Crippen molar-refractivity contribution in [3.63, 3.8) is 0 Å². The minimum absolute atomic E-state index is 0.0392. The Morgan fingerprint density at radius 3 is 2.08 bits per heavy atom. The molecule has 0 saturated heterocycles. The van der Waals surface area contributed by atoms with Crippen molar-refractivity contribution >= 4 is 11.6 Å². The number of benzene rings is 2. The van der Waals surface area contributed by atoms with E-state index in [2.05, 4.69) is 6.92 Å². The number of fused-ring (bicyclic) bond motifs is 3. The number of ketones is 2. The molecule has 0 spiro atoms. The van der Waals surface area contributed by atoms with Crippen molar-refractivity contribution < 1.29 is 9.59 Å². The van der Waals surface area contributed by atoms with Gasteiger partial charge in [-0.1, -0.05) is 88.3 Å². The van der Waals surface area contributed by atoms with E-state index in [0.29, 0.717) is 17.5 Å². The van der Waals surface area contributed by atoms with Crippen molar-refractivity contribution in [2.24, 2.45) is 0 Å². The molecule has 3 rings (SSSR count). The van der Waals surface area contributed by atoms with Crippen molar-refractivity contribution in [3.8, 4) is 11.1 Å². The van der Waals surface area contributed by atoms with Gasteiger partial charge >= 0.3 is 0 Å². The molecule has 2 aromatic rings. The van der Waals surface area contributed by atoms with Gasteiger partial charge in [0.15, 0.2) is 11.6 Å². The number of rotatable bonds is 10. The number of hydrogen-bond acceptors (Lipinski definition) is 2. The van der Waals surface area contributed by atoms with Gasteiger partial charge in [0.1, 0.15) is 0 Å². The average Bonchev–Trinajstić information content (AvgIpc) is 2.96. The molecule has 26 heavy (non-hydrogen) atoms. The van der Waals surface area contributed by atoms with Crippen LogP contribution >= 0.6 is 0 Å². The van der Waals surface area contributed by atoms with Crippen LogP contribution < -0.4 is 0 Å². The van der Waals surface area contributed by atoms with Gasteiger partial charge in [0, 0.05) is 23.1 Å². The summed E-state index contributed by atoms with van der Waals surface area (Å²) in [5.41, 5.74) is 4.03. The topological polar surface area (TPSA) is 34.1 Å². The summed E-state index contributed by atoms with van der Waals surface area (Å²) in [4.78, 5) is 25.0. The molecule has 2 nitrogen and oxygen atoms in total. The van der Waals surface area contributed by atoms with Crippen LogP contribution in [0, 0.1) is 0 Å². The number of carbonyl (C=O) groups excluding carboxylic acids is 2. The smallest absolute Gasteiger partial charge is 0.194 e. The maximum atomic E-state index is 12.6. The molecular formula is C24H28O2. The highest BCUT2D eigenvalue weighted by atomic mass is 16.1. The van der Waals surface area contributed by atoms with E-state index >= 15 is 0 Å². The maximum Gasteiger partial charge on any atom is 0.194 e. The van der Waals surface area contributed by atoms with Crippen LogP contribution in [-0.4, -0.2) is 11.6 Å². The van der Waals surface area contributed by atoms with Crippen LogP contribution in [0.2, 0.25) is 0 Å². The normalized spacial score (nSPS) is 12.1. The van der Waals surface area contributed by atoms with Crippen LogP contribution in [0.5, 0.6) is 0 Å². The van der Waals surface area contributed by atoms with Crippen molar-refractivity contribution in [3.05, 3.63) is 59.2 Å². The molecule has 0 saturated carbocycles. The Labute approximate surface area is 156 Å². The zero-order valence-corrected chi connectivity index (χ0v) is 15.7. The second-order valence-electron chi connectivity index (χ2n) is 7.28. The number of hydrogen-bond donors (Lipinski definition) is 0. The Balaban J connectivity index is 1.52. The van der Waals surface area contributed by atoms with Gasteiger partial charge in [0.25, 0.3) is 0 Å². The van der Waals surface area contributed by atoms with E-state index in [4.69, 9.17) is 0 Å². The zero-order chi connectivity index (χ0) is 18.4. The van der Waals surface area contributed by atoms with E-state index < -0.39 is 0 Å². The molecule has 2 heteroatoms. The van der Waals surface area contributed by atoms with Gasteiger partial charge in [0.2, 0.25) is 0 Å². The predicted molar refractivity (Wildman–Crippen MR) is 107 cm³/mol. The lowest BCUT2D eigenvalue weighted by atomic mass is 9.98. The van der Waals surface area contributed by atoms with Crippen LogP contribution in [0.15, 0.2) is 42.5 Å². The molecule has 1 aliphatic rings. The van der Waals surface area contributed by atoms with Crippen molar-refractivity contribution in [2.45, 2.75) is 64.7 Å². The predicted octanol–water partition coefficient (Wildman–Crippen LogP) is 6.61. The molecule has 0 aromatic heterocycles. The monoisotopic (exact) mass is 348 g/mol. The van der Waals surface area contributed by atoms with E-state index in [9.17, 15) is 9.59 Å². The molecule has 0 bridgehead atoms. The molecule has 0 atom stereocenters. The molecule has 0 heterocycles. The molecule has 2 aromatic carbocycles. The summed E-state index contributed by atoms with van der Waals surface area (Å²) in [5.74, 6) is 0.194. The molecular weight excluding hydrogens is 320 g/mol. The highest BCUT2D eigenvalue weighted by Crippen LogP contribution is 2.36. The molecule has 0 unspecified atom stereocenters. The first kappa shape index (κ1) is 18.6. The fourth-order valence-corrected chi connectivity index (χ4v) is 3.77. The summed E-state index contributed by atoms with van der Waals surface area (Å²) in [7, 11) is 0. The second kappa shape index (κ2) is 8.93. The summed E-state index contributed by atoms with van der Waals surface area (Å²) in [5, 5.41) is 0. The summed E-state index contributed by atoms with van der Waals surface area (Å²) in [6.07, 6.45) is 10.4. The van der Waals surface area contributed by atoms with Crippen LogP contribution in [0.3, 0.4) is 0 Å². The van der Waals surface area contributed by atoms with E-state index in [1.54, 1.807) is 6.07 Å². The van der Waals surface area contributed by atoms with Gasteiger partial charge in [0.05, 0.1) is 0 Å². The Kier molecular flexibility index (Phi) is 6.38. The molecule has 0 aliphatic heterocycles. The lowest BCUT2D eigenvalue weighted by molar-refractivity contribution is 0.0979. The third kappa shape index (κ3) is 4.12. The van der Waals surface area contributed by atoms with Crippen LogP contribution in [-0.2, 0) is 0 Å².